The Bertz CT molecular complexity index is 448. The van der Waals surface area contributed by atoms with E-state index in [1.54, 1.807) is 13.1 Å². The van der Waals surface area contributed by atoms with Crippen molar-refractivity contribution in [1.82, 2.24) is 15.1 Å². The van der Waals surface area contributed by atoms with Crippen molar-refractivity contribution in [2.24, 2.45) is 5.92 Å². The van der Waals surface area contributed by atoms with E-state index in [-0.39, 0.29) is 12.5 Å². The Hall–Kier alpha value is -1.36. The molecule has 2 rings (SSSR count). The molecular weight excluding hydrogens is 242 g/mol. The minimum atomic E-state index is -0.529. The SMILES string of the molecule is CC(C)Cn1ncc(C(=O)NCC(C)O)c1C1CC1. The molecule has 0 radical (unpaired) electrons. The molecular formula is C14H23N3O2. The van der Waals surface area contributed by atoms with Gasteiger partial charge in [-0.2, -0.15) is 5.10 Å². The zero-order valence-corrected chi connectivity index (χ0v) is 11.9. The van der Waals surface area contributed by atoms with Gasteiger partial charge in [-0.1, -0.05) is 13.8 Å². The van der Waals surface area contributed by atoms with Gasteiger partial charge in [0.1, 0.15) is 0 Å². The third-order valence-corrected chi connectivity index (χ3v) is 3.19. The van der Waals surface area contributed by atoms with Crippen LogP contribution in [0.1, 0.15) is 55.6 Å². The van der Waals surface area contributed by atoms with E-state index in [1.165, 1.54) is 0 Å². The van der Waals surface area contributed by atoms with Crippen molar-refractivity contribution < 1.29 is 9.90 Å². The molecule has 1 atom stereocenters. The summed E-state index contributed by atoms with van der Waals surface area (Å²) in [4.78, 5) is 12.1. The van der Waals surface area contributed by atoms with Crippen molar-refractivity contribution in [2.45, 2.75) is 52.2 Å². The standard InChI is InChI=1S/C14H23N3O2/c1-9(2)8-17-13(11-4-5-11)12(7-16-17)14(19)15-6-10(3)18/h7,9-11,18H,4-6,8H2,1-3H3,(H,15,19). The highest BCUT2D eigenvalue weighted by atomic mass is 16.3. The van der Waals surface area contributed by atoms with Crippen LogP contribution in [0.5, 0.6) is 0 Å². The lowest BCUT2D eigenvalue weighted by atomic mass is 10.1. The van der Waals surface area contributed by atoms with Crippen LogP contribution >= 0.6 is 0 Å². The van der Waals surface area contributed by atoms with E-state index in [2.05, 4.69) is 24.3 Å². The number of aromatic nitrogens is 2. The second kappa shape index (κ2) is 5.74. The number of hydrogen-bond donors (Lipinski definition) is 2. The summed E-state index contributed by atoms with van der Waals surface area (Å²) in [6.45, 7) is 7.06. The minimum absolute atomic E-state index is 0.127. The predicted octanol–water partition coefficient (Wildman–Crippen LogP) is 1.53. The van der Waals surface area contributed by atoms with Crippen LogP contribution in [0.3, 0.4) is 0 Å². The summed E-state index contributed by atoms with van der Waals surface area (Å²) in [5.41, 5.74) is 1.74. The summed E-state index contributed by atoms with van der Waals surface area (Å²) in [5.74, 6) is 0.858. The lowest BCUT2D eigenvalue weighted by Crippen LogP contribution is -2.31. The Balaban J connectivity index is 2.15. The molecule has 5 nitrogen and oxygen atoms in total. The fourth-order valence-corrected chi connectivity index (χ4v) is 2.18. The first-order valence-corrected chi connectivity index (χ1v) is 7.01. The van der Waals surface area contributed by atoms with Gasteiger partial charge in [0, 0.05) is 19.0 Å². The van der Waals surface area contributed by atoms with Gasteiger partial charge in [-0.25, -0.2) is 0 Å². The highest BCUT2D eigenvalue weighted by Gasteiger charge is 2.32. The molecule has 1 amide bonds. The number of carbonyl (C=O) groups is 1. The van der Waals surface area contributed by atoms with Crippen molar-refractivity contribution in [2.75, 3.05) is 6.54 Å². The quantitative estimate of drug-likeness (QED) is 0.819. The van der Waals surface area contributed by atoms with Crippen molar-refractivity contribution >= 4 is 5.91 Å². The third-order valence-electron chi connectivity index (χ3n) is 3.19. The van der Waals surface area contributed by atoms with Crippen LogP contribution in [0.15, 0.2) is 6.20 Å². The maximum absolute atomic E-state index is 12.1. The highest BCUT2D eigenvalue weighted by Crippen LogP contribution is 2.41. The van der Waals surface area contributed by atoms with E-state index in [4.69, 9.17) is 0 Å². The fourth-order valence-electron chi connectivity index (χ4n) is 2.18. The number of aliphatic hydroxyl groups excluding tert-OH is 1. The van der Waals surface area contributed by atoms with E-state index in [0.29, 0.717) is 17.4 Å². The van der Waals surface area contributed by atoms with Crippen LogP contribution in [0.4, 0.5) is 0 Å². The Morgan fingerprint density at radius 2 is 2.21 bits per heavy atom. The largest absolute Gasteiger partial charge is 0.392 e. The normalized spacial score (nSPS) is 16.7. The Kier molecular flexibility index (Phi) is 4.24. The van der Waals surface area contributed by atoms with Gasteiger partial charge in [0.25, 0.3) is 5.91 Å². The first-order chi connectivity index (χ1) is 8.99. The maximum Gasteiger partial charge on any atom is 0.254 e. The van der Waals surface area contributed by atoms with E-state index in [1.807, 2.05) is 4.68 Å². The van der Waals surface area contributed by atoms with E-state index in [0.717, 1.165) is 25.1 Å². The Morgan fingerprint density at radius 3 is 2.74 bits per heavy atom. The number of nitrogens with zero attached hydrogens (tertiary/aromatic N) is 2. The van der Waals surface area contributed by atoms with Crippen molar-refractivity contribution in [1.29, 1.82) is 0 Å². The number of amides is 1. The van der Waals surface area contributed by atoms with Crippen LogP contribution < -0.4 is 5.32 Å². The van der Waals surface area contributed by atoms with Gasteiger partial charge in [0.05, 0.1) is 23.6 Å². The maximum atomic E-state index is 12.1. The summed E-state index contributed by atoms with van der Waals surface area (Å²) in [5, 5.41) is 16.3. The van der Waals surface area contributed by atoms with Crippen LogP contribution in [0.2, 0.25) is 0 Å². The number of rotatable bonds is 6. The third kappa shape index (κ3) is 3.56. The topological polar surface area (TPSA) is 67.2 Å². The molecule has 0 aliphatic heterocycles. The highest BCUT2D eigenvalue weighted by molar-refractivity contribution is 5.95. The van der Waals surface area contributed by atoms with Gasteiger partial charge < -0.3 is 10.4 Å². The van der Waals surface area contributed by atoms with Crippen molar-refractivity contribution in [3.05, 3.63) is 17.5 Å². The molecule has 0 bridgehead atoms. The Morgan fingerprint density at radius 1 is 1.53 bits per heavy atom. The molecule has 1 aliphatic carbocycles. The first-order valence-electron chi connectivity index (χ1n) is 7.01. The van der Waals surface area contributed by atoms with Gasteiger partial charge in [0.2, 0.25) is 0 Å². The summed E-state index contributed by atoms with van der Waals surface area (Å²) >= 11 is 0. The molecule has 0 aromatic carbocycles. The average molecular weight is 265 g/mol. The number of carbonyl (C=O) groups excluding carboxylic acids is 1. The predicted molar refractivity (Wildman–Crippen MR) is 73.1 cm³/mol. The summed E-state index contributed by atoms with van der Waals surface area (Å²) in [7, 11) is 0. The first kappa shape index (κ1) is 14.1. The lowest BCUT2D eigenvalue weighted by molar-refractivity contribution is 0.0923. The number of aliphatic hydroxyl groups is 1. The second-order valence-electron chi connectivity index (χ2n) is 5.85. The molecule has 1 fully saturated rings. The smallest absolute Gasteiger partial charge is 0.254 e. The van der Waals surface area contributed by atoms with Crippen LogP contribution in [0.25, 0.3) is 0 Å². The van der Waals surface area contributed by atoms with Gasteiger partial charge >= 0.3 is 0 Å². The monoisotopic (exact) mass is 265 g/mol. The van der Waals surface area contributed by atoms with Gasteiger partial charge in [-0.05, 0) is 25.7 Å². The molecule has 1 unspecified atom stereocenters. The lowest BCUT2D eigenvalue weighted by Gasteiger charge is -2.11. The molecule has 1 saturated carbocycles. The summed E-state index contributed by atoms with van der Waals surface area (Å²) in [6, 6.07) is 0. The molecule has 1 aromatic rings. The molecule has 0 saturated heterocycles. The summed E-state index contributed by atoms with van der Waals surface area (Å²) < 4.78 is 1.97. The van der Waals surface area contributed by atoms with Gasteiger partial charge in [-0.3, -0.25) is 9.48 Å². The van der Waals surface area contributed by atoms with Crippen molar-refractivity contribution in [3.8, 4) is 0 Å². The second-order valence-corrected chi connectivity index (χ2v) is 5.85. The molecule has 1 heterocycles. The molecule has 5 heteroatoms. The van der Waals surface area contributed by atoms with Crippen molar-refractivity contribution in [3.63, 3.8) is 0 Å². The molecule has 1 aromatic heterocycles. The number of hydrogen-bond acceptors (Lipinski definition) is 3. The fraction of sp³-hybridized carbons (Fsp3) is 0.714. The van der Waals surface area contributed by atoms with E-state index >= 15 is 0 Å². The molecule has 106 valence electrons. The van der Waals surface area contributed by atoms with Gasteiger partial charge in [-0.15, -0.1) is 0 Å². The molecule has 19 heavy (non-hydrogen) atoms. The molecule has 1 aliphatic rings. The Labute approximate surface area is 114 Å². The zero-order chi connectivity index (χ0) is 14.0. The van der Waals surface area contributed by atoms with Crippen LogP contribution in [-0.2, 0) is 6.54 Å². The van der Waals surface area contributed by atoms with Crippen LogP contribution in [-0.4, -0.2) is 33.4 Å². The number of nitrogens with one attached hydrogen (secondary N) is 1. The zero-order valence-electron chi connectivity index (χ0n) is 11.9. The molecule has 0 spiro atoms. The van der Waals surface area contributed by atoms with E-state index < -0.39 is 6.10 Å². The average Bonchev–Trinajstić information content (AvgIpc) is 3.07. The van der Waals surface area contributed by atoms with Gasteiger partial charge in [0.15, 0.2) is 0 Å². The minimum Gasteiger partial charge on any atom is -0.392 e. The molecule has 2 N–H and O–H groups in total. The van der Waals surface area contributed by atoms with Crippen LogP contribution in [0, 0.1) is 5.92 Å². The van der Waals surface area contributed by atoms with E-state index in [9.17, 15) is 9.90 Å². The summed E-state index contributed by atoms with van der Waals surface area (Å²) in [6.07, 6.45) is 3.41.